The number of hydrogen-bond donors (Lipinski definition) is 2. The zero-order valence-electron chi connectivity index (χ0n) is 15.7. The first-order valence-corrected chi connectivity index (χ1v) is 8.90. The van der Waals surface area contributed by atoms with Crippen molar-refractivity contribution in [1.29, 1.82) is 0 Å². The number of benzene rings is 2. The maximum Gasteiger partial charge on any atom is 0.303 e. The molecule has 0 unspecified atom stereocenters. The van der Waals surface area contributed by atoms with Gasteiger partial charge in [-0.15, -0.1) is 0 Å². The van der Waals surface area contributed by atoms with Crippen molar-refractivity contribution >= 4 is 11.9 Å². The fraction of sp³-hybridized carbons (Fsp3) is 0.333. The van der Waals surface area contributed by atoms with Crippen molar-refractivity contribution in [2.24, 2.45) is 0 Å². The Bertz CT molecular complexity index is 788. The quantitative estimate of drug-likeness (QED) is 0.668. The van der Waals surface area contributed by atoms with E-state index in [1.54, 1.807) is 0 Å². The summed E-state index contributed by atoms with van der Waals surface area (Å²) in [4.78, 5) is 22.2. The minimum atomic E-state index is -0.987. The lowest BCUT2D eigenvalue weighted by atomic mass is 10.1. The molecule has 0 aliphatic rings. The summed E-state index contributed by atoms with van der Waals surface area (Å²) in [6.45, 7) is 5.16. The maximum absolute atomic E-state index is 11.7. The summed E-state index contributed by atoms with van der Waals surface area (Å²) in [7, 11) is 0. The zero-order chi connectivity index (χ0) is 19.6. The Balaban J connectivity index is 1.98. The minimum Gasteiger partial charge on any atom is -0.490 e. The standard InChI is InChI=1S/C21H25NO5/c1-3-26-19-12-16(13-22-20(23)9-10-21(24)25)7-8-18(19)27-14-17-6-4-5-15(2)11-17/h4-8,11-12H,3,9-10,13-14H2,1-2H3,(H,22,23)(H,24,25). The molecule has 0 saturated carbocycles. The third-order valence-corrected chi connectivity index (χ3v) is 3.84. The highest BCUT2D eigenvalue weighted by atomic mass is 16.5. The molecule has 0 saturated heterocycles. The van der Waals surface area contributed by atoms with Crippen LogP contribution in [0.5, 0.6) is 11.5 Å². The Morgan fingerprint density at radius 2 is 1.81 bits per heavy atom. The van der Waals surface area contributed by atoms with Crippen LogP contribution in [0.4, 0.5) is 0 Å². The van der Waals surface area contributed by atoms with E-state index in [4.69, 9.17) is 14.6 Å². The number of rotatable bonds is 10. The number of aryl methyl sites for hydroxylation is 1. The Hall–Kier alpha value is -3.02. The molecule has 0 aliphatic carbocycles. The first kappa shape index (κ1) is 20.3. The van der Waals surface area contributed by atoms with Crippen LogP contribution < -0.4 is 14.8 Å². The van der Waals surface area contributed by atoms with Gasteiger partial charge in [0.05, 0.1) is 13.0 Å². The second kappa shape index (κ2) is 10.2. The Morgan fingerprint density at radius 3 is 2.52 bits per heavy atom. The van der Waals surface area contributed by atoms with E-state index in [1.165, 1.54) is 5.56 Å². The van der Waals surface area contributed by atoms with Gasteiger partial charge in [0.25, 0.3) is 0 Å². The van der Waals surface area contributed by atoms with E-state index in [0.29, 0.717) is 31.3 Å². The van der Waals surface area contributed by atoms with Gasteiger partial charge in [-0.05, 0) is 37.1 Å². The molecule has 6 nitrogen and oxygen atoms in total. The second-order valence-electron chi connectivity index (χ2n) is 6.16. The summed E-state index contributed by atoms with van der Waals surface area (Å²) < 4.78 is 11.6. The SMILES string of the molecule is CCOc1cc(CNC(=O)CCC(=O)O)ccc1OCc1cccc(C)c1. The number of carbonyl (C=O) groups excluding carboxylic acids is 1. The second-order valence-corrected chi connectivity index (χ2v) is 6.16. The molecule has 0 radical (unpaired) electrons. The topological polar surface area (TPSA) is 84.9 Å². The van der Waals surface area contributed by atoms with E-state index in [-0.39, 0.29) is 18.7 Å². The average Bonchev–Trinajstić information content (AvgIpc) is 2.64. The molecule has 0 spiro atoms. The summed E-state index contributed by atoms with van der Waals surface area (Å²) in [6.07, 6.45) is -0.215. The number of carboxylic acids is 1. The van der Waals surface area contributed by atoms with Crippen molar-refractivity contribution in [3.8, 4) is 11.5 Å². The van der Waals surface area contributed by atoms with Crippen LogP contribution in [-0.4, -0.2) is 23.6 Å². The summed E-state index contributed by atoms with van der Waals surface area (Å²) >= 11 is 0. The van der Waals surface area contributed by atoms with E-state index in [1.807, 2.05) is 50.2 Å². The third-order valence-electron chi connectivity index (χ3n) is 3.84. The van der Waals surface area contributed by atoms with Gasteiger partial charge in [-0.2, -0.15) is 0 Å². The highest BCUT2D eigenvalue weighted by Gasteiger charge is 2.09. The molecule has 0 aliphatic heterocycles. The molecule has 2 rings (SSSR count). The molecule has 0 heterocycles. The van der Waals surface area contributed by atoms with E-state index in [9.17, 15) is 9.59 Å². The Labute approximate surface area is 159 Å². The largest absolute Gasteiger partial charge is 0.490 e. The molecule has 0 bridgehead atoms. The van der Waals surface area contributed by atoms with E-state index in [0.717, 1.165) is 11.1 Å². The van der Waals surface area contributed by atoms with E-state index >= 15 is 0 Å². The molecule has 2 aromatic carbocycles. The van der Waals surface area contributed by atoms with Gasteiger partial charge in [-0.3, -0.25) is 9.59 Å². The maximum atomic E-state index is 11.7. The number of aliphatic carboxylic acids is 1. The summed E-state index contributed by atoms with van der Waals surface area (Å²) in [5.74, 6) is -0.0317. The number of nitrogens with one attached hydrogen (secondary N) is 1. The lowest BCUT2D eigenvalue weighted by Gasteiger charge is -2.14. The molecule has 0 aromatic heterocycles. The molecule has 0 fully saturated rings. The molecule has 144 valence electrons. The molecule has 1 amide bonds. The molecule has 27 heavy (non-hydrogen) atoms. The molecule has 2 N–H and O–H groups in total. The fourth-order valence-electron chi connectivity index (χ4n) is 2.52. The number of carbonyl (C=O) groups is 2. The van der Waals surface area contributed by atoms with Crippen molar-refractivity contribution in [3.05, 3.63) is 59.2 Å². The van der Waals surface area contributed by atoms with Crippen LogP contribution in [0.3, 0.4) is 0 Å². The van der Waals surface area contributed by atoms with Gasteiger partial charge in [-0.25, -0.2) is 0 Å². The van der Waals surface area contributed by atoms with Gasteiger partial charge in [0.1, 0.15) is 6.61 Å². The summed E-state index contributed by atoms with van der Waals surface area (Å²) in [6, 6.07) is 13.6. The van der Waals surface area contributed by atoms with Crippen LogP contribution in [0, 0.1) is 6.92 Å². The van der Waals surface area contributed by atoms with Gasteiger partial charge >= 0.3 is 5.97 Å². The van der Waals surface area contributed by atoms with Gasteiger partial charge in [0, 0.05) is 13.0 Å². The number of carboxylic acid groups (broad SMARTS) is 1. The third kappa shape index (κ3) is 7.01. The van der Waals surface area contributed by atoms with Crippen molar-refractivity contribution in [3.63, 3.8) is 0 Å². The summed E-state index contributed by atoms with van der Waals surface area (Å²) in [5.41, 5.74) is 3.10. The van der Waals surface area contributed by atoms with Gasteiger partial charge in [0.15, 0.2) is 11.5 Å². The molecular weight excluding hydrogens is 346 g/mol. The minimum absolute atomic E-state index is 0.0364. The van der Waals surface area contributed by atoms with Gasteiger partial charge in [-0.1, -0.05) is 35.9 Å². The lowest BCUT2D eigenvalue weighted by Crippen LogP contribution is -2.23. The Kier molecular flexibility index (Phi) is 7.67. The predicted octanol–water partition coefficient (Wildman–Crippen LogP) is 3.45. The van der Waals surface area contributed by atoms with Gasteiger partial charge < -0.3 is 19.9 Å². The number of hydrogen-bond acceptors (Lipinski definition) is 4. The number of ether oxygens (including phenoxy) is 2. The van der Waals surface area contributed by atoms with E-state index in [2.05, 4.69) is 11.4 Å². The van der Waals surface area contributed by atoms with Crippen molar-refractivity contribution in [2.45, 2.75) is 39.8 Å². The highest BCUT2D eigenvalue weighted by Crippen LogP contribution is 2.29. The van der Waals surface area contributed by atoms with Crippen LogP contribution in [0.15, 0.2) is 42.5 Å². The van der Waals surface area contributed by atoms with E-state index < -0.39 is 5.97 Å². The first-order valence-electron chi connectivity index (χ1n) is 8.90. The van der Waals surface area contributed by atoms with Crippen molar-refractivity contribution in [2.75, 3.05) is 6.61 Å². The van der Waals surface area contributed by atoms with Crippen molar-refractivity contribution < 1.29 is 24.2 Å². The van der Waals surface area contributed by atoms with Crippen molar-refractivity contribution in [1.82, 2.24) is 5.32 Å². The molecule has 0 atom stereocenters. The van der Waals surface area contributed by atoms with Crippen LogP contribution in [-0.2, 0) is 22.7 Å². The first-order chi connectivity index (χ1) is 13.0. The lowest BCUT2D eigenvalue weighted by molar-refractivity contribution is -0.138. The highest BCUT2D eigenvalue weighted by molar-refractivity contribution is 5.80. The molecule has 6 heteroatoms. The smallest absolute Gasteiger partial charge is 0.303 e. The normalized spacial score (nSPS) is 10.3. The molecule has 2 aromatic rings. The monoisotopic (exact) mass is 371 g/mol. The fourth-order valence-corrected chi connectivity index (χ4v) is 2.52. The zero-order valence-corrected chi connectivity index (χ0v) is 15.7. The van der Waals surface area contributed by atoms with Crippen LogP contribution in [0.1, 0.15) is 36.5 Å². The van der Waals surface area contributed by atoms with Crippen LogP contribution >= 0.6 is 0 Å². The van der Waals surface area contributed by atoms with Crippen LogP contribution in [0.2, 0.25) is 0 Å². The van der Waals surface area contributed by atoms with Crippen LogP contribution in [0.25, 0.3) is 0 Å². The number of amides is 1. The Morgan fingerprint density at radius 1 is 1.00 bits per heavy atom. The molecular formula is C21H25NO5. The average molecular weight is 371 g/mol. The predicted molar refractivity (Wildman–Crippen MR) is 102 cm³/mol. The van der Waals surface area contributed by atoms with Gasteiger partial charge in [0.2, 0.25) is 5.91 Å². The summed E-state index contributed by atoms with van der Waals surface area (Å²) in [5, 5.41) is 11.3.